The minimum atomic E-state index is -2.91. The van der Waals surface area contributed by atoms with E-state index < -0.39 is 6.61 Å². The Bertz CT molecular complexity index is 987. The van der Waals surface area contributed by atoms with Crippen LogP contribution in [0.3, 0.4) is 0 Å². The molecule has 0 saturated carbocycles. The van der Waals surface area contributed by atoms with Crippen LogP contribution in [0.25, 0.3) is 0 Å². The van der Waals surface area contributed by atoms with Gasteiger partial charge in [0.05, 0.1) is 12.8 Å². The van der Waals surface area contributed by atoms with E-state index in [-0.39, 0.29) is 5.75 Å². The van der Waals surface area contributed by atoms with Gasteiger partial charge in [-0.1, -0.05) is 41.9 Å². The van der Waals surface area contributed by atoms with Gasteiger partial charge in [0.15, 0.2) is 0 Å². The summed E-state index contributed by atoms with van der Waals surface area (Å²) in [5.74, 6) is 0.0289. The van der Waals surface area contributed by atoms with Gasteiger partial charge in [0, 0.05) is 10.6 Å². The van der Waals surface area contributed by atoms with Gasteiger partial charge in [0.1, 0.15) is 12.1 Å². The van der Waals surface area contributed by atoms with Crippen LogP contribution in [0.15, 0.2) is 60.0 Å². The second kappa shape index (κ2) is 8.20. The standard InChI is InChI=1S/C17H13ClF2N4OS/c18-14-7-3-1-6-13(14)10-23-17(26)24(11-22-23)21-9-12-5-2-4-8-15(12)25-16(19)20/h1-9,11,16H,10H2/b21-9-. The number of nitrogens with zero attached hydrogens (tertiary/aromatic N) is 4. The average molecular weight is 395 g/mol. The fourth-order valence-corrected chi connectivity index (χ4v) is 2.62. The third-order valence-electron chi connectivity index (χ3n) is 3.45. The molecule has 0 bridgehead atoms. The second-order valence-electron chi connectivity index (χ2n) is 5.17. The van der Waals surface area contributed by atoms with Gasteiger partial charge >= 0.3 is 6.61 Å². The molecular weight excluding hydrogens is 382 g/mol. The minimum Gasteiger partial charge on any atom is -0.434 e. The van der Waals surface area contributed by atoms with Gasteiger partial charge in [0.2, 0.25) is 4.77 Å². The molecular formula is C17H13ClF2N4OS. The first kappa shape index (κ1) is 18.2. The normalized spacial score (nSPS) is 11.4. The van der Waals surface area contributed by atoms with Crippen LogP contribution in [0, 0.1) is 4.77 Å². The fourth-order valence-electron chi connectivity index (χ4n) is 2.22. The van der Waals surface area contributed by atoms with Crippen molar-refractivity contribution < 1.29 is 13.5 Å². The molecule has 3 aromatic rings. The van der Waals surface area contributed by atoms with Crippen LogP contribution in [0.5, 0.6) is 5.75 Å². The van der Waals surface area contributed by atoms with Gasteiger partial charge in [-0.3, -0.25) is 0 Å². The lowest BCUT2D eigenvalue weighted by Gasteiger charge is -2.06. The van der Waals surface area contributed by atoms with E-state index in [4.69, 9.17) is 23.8 Å². The molecule has 2 aromatic carbocycles. The van der Waals surface area contributed by atoms with Crippen molar-refractivity contribution in [2.75, 3.05) is 0 Å². The summed E-state index contributed by atoms with van der Waals surface area (Å²) in [6, 6.07) is 13.7. The zero-order valence-electron chi connectivity index (χ0n) is 13.3. The fraction of sp³-hybridized carbons (Fsp3) is 0.118. The van der Waals surface area contributed by atoms with E-state index >= 15 is 0 Å². The summed E-state index contributed by atoms with van der Waals surface area (Å²) in [6.45, 7) is -2.52. The van der Waals surface area contributed by atoms with Gasteiger partial charge in [0.25, 0.3) is 0 Å². The number of hydrogen-bond donors (Lipinski definition) is 0. The number of para-hydroxylation sites is 1. The zero-order chi connectivity index (χ0) is 18.5. The predicted molar refractivity (Wildman–Crippen MR) is 97.7 cm³/mol. The molecule has 5 nitrogen and oxygen atoms in total. The Labute approximate surface area is 158 Å². The van der Waals surface area contributed by atoms with Crippen molar-refractivity contribution in [2.24, 2.45) is 5.10 Å². The Morgan fingerprint density at radius 1 is 1.19 bits per heavy atom. The molecule has 0 spiro atoms. The van der Waals surface area contributed by atoms with Crippen LogP contribution in [0.1, 0.15) is 11.1 Å². The van der Waals surface area contributed by atoms with Crippen LogP contribution in [-0.2, 0) is 6.54 Å². The van der Waals surface area contributed by atoms with Gasteiger partial charge in [-0.2, -0.15) is 23.7 Å². The van der Waals surface area contributed by atoms with Crippen LogP contribution in [-0.4, -0.2) is 27.3 Å². The maximum absolute atomic E-state index is 12.5. The molecule has 0 N–H and O–H groups in total. The Morgan fingerprint density at radius 3 is 2.69 bits per heavy atom. The Balaban J connectivity index is 1.82. The van der Waals surface area contributed by atoms with Crippen molar-refractivity contribution >= 4 is 30.0 Å². The van der Waals surface area contributed by atoms with E-state index in [1.807, 2.05) is 18.2 Å². The number of halogens is 3. The van der Waals surface area contributed by atoms with Crippen LogP contribution < -0.4 is 4.74 Å². The van der Waals surface area contributed by atoms with Gasteiger partial charge in [-0.15, -0.1) is 0 Å². The molecule has 0 amide bonds. The van der Waals surface area contributed by atoms with Gasteiger partial charge in [-0.05, 0) is 36.0 Å². The highest BCUT2D eigenvalue weighted by Gasteiger charge is 2.08. The SMILES string of the molecule is FC(F)Oc1ccccc1/C=N\n1cnn(Cc2ccccc2Cl)c1=S. The lowest BCUT2D eigenvalue weighted by atomic mass is 10.2. The molecule has 0 unspecified atom stereocenters. The Morgan fingerprint density at radius 2 is 1.92 bits per heavy atom. The van der Waals surface area contributed by atoms with E-state index in [1.54, 1.807) is 28.9 Å². The van der Waals surface area contributed by atoms with Crippen LogP contribution in [0.4, 0.5) is 8.78 Å². The second-order valence-corrected chi connectivity index (χ2v) is 5.94. The minimum absolute atomic E-state index is 0.0289. The number of hydrogen-bond acceptors (Lipinski definition) is 4. The van der Waals surface area contributed by atoms with Crippen LogP contribution >= 0.6 is 23.8 Å². The third-order valence-corrected chi connectivity index (χ3v) is 4.22. The highest BCUT2D eigenvalue weighted by molar-refractivity contribution is 7.71. The average Bonchev–Trinajstić information content (AvgIpc) is 2.96. The summed E-state index contributed by atoms with van der Waals surface area (Å²) >= 11 is 11.5. The highest BCUT2D eigenvalue weighted by Crippen LogP contribution is 2.19. The van der Waals surface area contributed by atoms with E-state index in [2.05, 4.69) is 14.9 Å². The number of ether oxygens (including phenoxy) is 1. The summed E-state index contributed by atoms with van der Waals surface area (Å²) in [4.78, 5) is 0. The first-order chi connectivity index (χ1) is 12.5. The molecule has 0 saturated heterocycles. The predicted octanol–water partition coefficient (Wildman–Crippen LogP) is 4.60. The van der Waals surface area contributed by atoms with Crippen molar-refractivity contribution in [2.45, 2.75) is 13.2 Å². The van der Waals surface area contributed by atoms with Crippen molar-refractivity contribution in [1.29, 1.82) is 0 Å². The summed E-state index contributed by atoms with van der Waals surface area (Å²) < 4.78 is 32.7. The molecule has 3 rings (SSSR count). The van der Waals surface area contributed by atoms with Crippen molar-refractivity contribution in [3.8, 4) is 5.75 Å². The molecule has 0 atom stereocenters. The topological polar surface area (TPSA) is 44.3 Å². The quantitative estimate of drug-likeness (QED) is 0.453. The molecule has 9 heteroatoms. The summed E-state index contributed by atoms with van der Waals surface area (Å²) in [7, 11) is 0. The maximum Gasteiger partial charge on any atom is 0.387 e. The highest BCUT2D eigenvalue weighted by atomic mass is 35.5. The maximum atomic E-state index is 12.5. The Kier molecular flexibility index (Phi) is 5.75. The van der Waals surface area contributed by atoms with Gasteiger partial charge in [-0.25, -0.2) is 4.68 Å². The lowest BCUT2D eigenvalue weighted by Crippen LogP contribution is -2.04. The smallest absolute Gasteiger partial charge is 0.387 e. The molecule has 26 heavy (non-hydrogen) atoms. The molecule has 1 aromatic heterocycles. The monoisotopic (exact) mass is 394 g/mol. The van der Waals surface area contributed by atoms with Crippen molar-refractivity contribution in [3.63, 3.8) is 0 Å². The van der Waals surface area contributed by atoms with E-state index in [0.717, 1.165) is 5.56 Å². The third kappa shape index (κ3) is 4.33. The van der Waals surface area contributed by atoms with E-state index in [9.17, 15) is 8.78 Å². The molecule has 0 aliphatic heterocycles. The number of rotatable bonds is 6. The van der Waals surface area contributed by atoms with Gasteiger partial charge < -0.3 is 4.74 Å². The molecule has 134 valence electrons. The summed E-state index contributed by atoms with van der Waals surface area (Å²) in [6.07, 6.45) is 2.82. The number of benzene rings is 2. The van der Waals surface area contributed by atoms with Crippen molar-refractivity contribution in [3.05, 3.63) is 75.8 Å². The van der Waals surface area contributed by atoms with Crippen LogP contribution in [0.2, 0.25) is 5.02 Å². The molecule has 1 heterocycles. The first-order valence-corrected chi connectivity index (χ1v) is 8.29. The summed E-state index contributed by atoms with van der Waals surface area (Å²) in [5, 5.41) is 8.98. The largest absolute Gasteiger partial charge is 0.434 e. The molecule has 0 aliphatic carbocycles. The van der Waals surface area contributed by atoms with E-state index in [1.165, 1.54) is 23.3 Å². The van der Waals surface area contributed by atoms with Crippen molar-refractivity contribution in [1.82, 2.24) is 14.5 Å². The summed E-state index contributed by atoms with van der Waals surface area (Å²) in [5.41, 5.74) is 1.27. The van der Waals surface area contributed by atoms with E-state index in [0.29, 0.717) is 21.9 Å². The molecule has 0 fully saturated rings. The first-order valence-electron chi connectivity index (χ1n) is 7.50. The molecule has 0 aliphatic rings. The lowest BCUT2D eigenvalue weighted by molar-refractivity contribution is -0.0499. The molecule has 0 radical (unpaired) electrons. The zero-order valence-corrected chi connectivity index (χ0v) is 14.9. The Hall–Kier alpha value is -2.58. The number of alkyl halides is 2. The number of aromatic nitrogens is 3.